The molecule has 0 radical (unpaired) electrons. The van der Waals surface area contributed by atoms with Gasteiger partial charge in [0.05, 0.1) is 0 Å². The van der Waals surface area contributed by atoms with Gasteiger partial charge in [-0.05, 0) is 59.3 Å². The molecule has 0 fully saturated rings. The van der Waals surface area contributed by atoms with Crippen molar-refractivity contribution in [3.63, 3.8) is 0 Å². The summed E-state index contributed by atoms with van der Waals surface area (Å²) >= 11 is 3.19. The fourth-order valence-corrected chi connectivity index (χ4v) is 2.74. The molecular formula is C18H14BrN3O3. The number of aromatic nitrogens is 1. The molecule has 7 heteroatoms. The molecule has 0 saturated carbocycles. The highest BCUT2D eigenvalue weighted by Crippen LogP contribution is 2.21. The number of nitrogens with one attached hydrogen (secondary N) is 2. The van der Waals surface area contributed by atoms with Crippen LogP contribution in [0.1, 0.15) is 26.5 Å². The maximum absolute atomic E-state index is 12.3. The lowest BCUT2D eigenvalue weighted by molar-refractivity contribution is 0.0991. The summed E-state index contributed by atoms with van der Waals surface area (Å²) in [5.74, 6) is -0.437. The number of rotatable bonds is 4. The van der Waals surface area contributed by atoms with Crippen LogP contribution in [0.4, 0.5) is 11.4 Å². The fourth-order valence-electron chi connectivity index (χ4n) is 2.23. The number of furan rings is 1. The number of nitrogens with zero attached hydrogens (tertiary/aromatic N) is 1. The zero-order valence-electron chi connectivity index (χ0n) is 13.2. The molecule has 0 bridgehead atoms. The Morgan fingerprint density at radius 2 is 1.72 bits per heavy atom. The molecule has 0 aliphatic carbocycles. The lowest BCUT2D eigenvalue weighted by atomic mass is 10.1. The number of pyridine rings is 1. The highest BCUT2D eigenvalue weighted by Gasteiger charge is 2.16. The van der Waals surface area contributed by atoms with E-state index in [4.69, 9.17) is 4.42 Å². The van der Waals surface area contributed by atoms with Crippen molar-refractivity contribution in [1.29, 1.82) is 0 Å². The van der Waals surface area contributed by atoms with Gasteiger partial charge in [0.2, 0.25) is 0 Å². The Hall–Kier alpha value is -2.93. The molecule has 2 amide bonds. The van der Waals surface area contributed by atoms with Gasteiger partial charge in [-0.25, -0.2) is 0 Å². The van der Waals surface area contributed by atoms with Crippen molar-refractivity contribution in [3.05, 3.63) is 76.4 Å². The predicted octanol–water partition coefficient (Wildman–Crippen LogP) is 4.25. The van der Waals surface area contributed by atoms with Gasteiger partial charge < -0.3 is 15.1 Å². The number of aryl methyl sites for hydroxylation is 1. The van der Waals surface area contributed by atoms with Gasteiger partial charge >= 0.3 is 0 Å². The normalized spacial score (nSPS) is 10.3. The van der Waals surface area contributed by atoms with Crippen LogP contribution in [0.15, 0.2) is 63.9 Å². The molecule has 2 N–H and O–H groups in total. The molecule has 3 rings (SSSR count). The second kappa shape index (κ2) is 7.31. The SMILES string of the molecule is Cc1cc(Br)oc1C(=O)Nc1cccc(C(=O)Nc2ccncc2)c1. The standard InChI is InChI=1S/C18H14BrN3O3/c1-11-9-15(19)25-16(11)18(24)22-14-4-2-3-12(10-14)17(23)21-13-5-7-20-8-6-13/h2-10H,1H3,(H,22,24)(H,20,21,23). The Morgan fingerprint density at radius 1 is 1.00 bits per heavy atom. The van der Waals surface area contributed by atoms with Crippen LogP contribution in [0.5, 0.6) is 0 Å². The van der Waals surface area contributed by atoms with Gasteiger partial charge in [-0.1, -0.05) is 6.07 Å². The van der Waals surface area contributed by atoms with Crippen molar-refractivity contribution in [2.24, 2.45) is 0 Å². The van der Waals surface area contributed by atoms with E-state index in [2.05, 4.69) is 31.5 Å². The van der Waals surface area contributed by atoms with Gasteiger partial charge in [0, 0.05) is 34.9 Å². The number of halogens is 1. The van der Waals surface area contributed by atoms with Crippen molar-refractivity contribution in [3.8, 4) is 0 Å². The topological polar surface area (TPSA) is 84.2 Å². The van der Waals surface area contributed by atoms with Gasteiger partial charge in [0.1, 0.15) is 0 Å². The Balaban J connectivity index is 1.74. The average Bonchev–Trinajstić information content (AvgIpc) is 2.94. The number of amides is 2. The predicted molar refractivity (Wildman–Crippen MR) is 97.7 cm³/mol. The second-order valence-electron chi connectivity index (χ2n) is 5.29. The van der Waals surface area contributed by atoms with Crippen LogP contribution in [0.3, 0.4) is 0 Å². The Labute approximate surface area is 152 Å². The van der Waals surface area contributed by atoms with E-state index in [0.29, 0.717) is 21.6 Å². The highest BCUT2D eigenvalue weighted by atomic mass is 79.9. The van der Waals surface area contributed by atoms with Crippen LogP contribution in [0, 0.1) is 6.92 Å². The first-order chi connectivity index (χ1) is 12.0. The summed E-state index contributed by atoms with van der Waals surface area (Å²) in [5.41, 5.74) is 2.28. The van der Waals surface area contributed by atoms with Gasteiger partial charge in [0.25, 0.3) is 11.8 Å². The summed E-state index contributed by atoms with van der Waals surface area (Å²) < 4.78 is 5.81. The Kier molecular flexibility index (Phi) is 4.95. The lowest BCUT2D eigenvalue weighted by Gasteiger charge is -2.08. The molecule has 3 aromatic rings. The number of carbonyl (C=O) groups excluding carboxylic acids is 2. The molecule has 2 aromatic heterocycles. The van der Waals surface area contributed by atoms with Crippen LogP contribution in [-0.2, 0) is 0 Å². The van der Waals surface area contributed by atoms with E-state index in [0.717, 1.165) is 5.56 Å². The third kappa shape index (κ3) is 4.13. The minimum atomic E-state index is -0.380. The minimum Gasteiger partial charge on any atom is -0.444 e. The fraction of sp³-hybridized carbons (Fsp3) is 0.0556. The number of anilines is 2. The van der Waals surface area contributed by atoms with E-state index in [1.165, 1.54) is 0 Å². The van der Waals surface area contributed by atoms with Crippen molar-refractivity contribution in [2.75, 3.05) is 10.6 Å². The molecule has 6 nitrogen and oxygen atoms in total. The zero-order chi connectivity index (χ0) is 17.8. The van der Waals surface area contributed by atoms with Gasteiger partial charge in [-0.15, -0.1) is 0 Å². The quantitative estimate of drug-likeness (QED) is 0.686. The average molecular weight is 400 g/mol. The van der Waals surface area contributed by atoms with Gasteiger partial charge in [-0.2, -0.15) is 0 Å². The first kappa shape index (κ1) is 16.9. The Bertz CT molecular complexity index is 922. The monoisotopic (exact) mass is 399 g/mol. The van der Waals surface area contributed by atoms with E-state index >= 15 is 0 Å². The summed E-state index contributed by atoms with van der Waals surface area (Å²) in [4.78, 5) is 28.5. The summed E-state index contributed by atoms with van der Waals surface area (Å²) in [6.07, 6.45) is 3.19. The summed E-state index contributed by atoms with van der Waals surface area (Å²) in [6.45, 7) is 1.78. The molecule has 1 aromatic carbocycles. The van der Waals surface area contributed by atoms with E-state index in [-0.39, 0.29) is 17.6 Å². The van der Waals surface area contributed by atoms with Crippen LogP contribution < -0.4 is 10.6 Å². The number of carbonyl (C=O) groups is 2. The zero-order valence-corrected chi connectivity index (χ0v) is 14.8. The van der Waals surface area contributed by atoms with Gasteiger partial charge in [0.15, 0.2) is 10.4 Å². The molecular weight excluding hydrogens is 386 g/mol. The van der Waals surface area contributed by atoms with Crippen molar-refractivity contribution in [1.82, 2.24) is 4.98 Å². The molecule has 0 unspecified atom stereocenters. The second-order valence-corrected chi connectivity index (χ2v) is 6.07. The maximum atomic E-state index is 12.3. The van der Waals surface area contributed by atoms with Crippen LogP contribution in [-0.4, -0.2) is 16.8 Å². The van der Waals surface area contributed by atoms with E-state index in [1.807, 2.05) is 0 Å². The van der Waals surface area contributed by atoms with E-state index in [1.54, 1.807) is 61.8 Å². The van der Waals surface area contributed by atoms with Crippen LogP contribution in [0.25, 0.3) is 0 Å². The highest BCUT2D eigenvalue weighted by molar-refractivity contribution is 9.10. The summed E-state index contributed by atoms with van der Waals surface area (Å²) in [6, 6.07) is 11.8. The molecule has 0 spiro atoms. The van der Waals surface area contributed by atoms with Crippen molar-refractivity contribution >= 4 is 39.1 Å². The minimum absolute atomic E-state index is 0.221. The van der Waals surface area contributed by atoms with Gasteiger partial charge in [-0.3, -0.25) is 14.6 Å². The molecule has 0 aliphatic rings. The number of benzene rings is 1. The molecule has 2 heterocycles. The number of hydrogen-bond acceptors (Lipinski definition) is 4. The smallest absolute Gasteiger partial charge is 0.291 e. The third-order valence-corrected chi connectivity index (χ3v) is 3.81. The number of hydrogen-bond donors (Lipinski definition) is 2. The molecule has 25 heavy (non-hydrogen) atoms. The molecule has 0 aliphatic heterocycles. The molecule has 0 saturated heterocycles. The largest absolute Gasteiger partial charge is 0.444 e. The van der Waals surface area contributed by atoms with Crippen LogP contribution in [0.2, 0.25) is 0 Å². The van der Waals surface area contributed by atoms with Crippen molar-refractivity contribution in [2.45, 2.75) is 6.92 Å². The molecule has 126 valence electrons. The maximum Gasteiger partial charge on any atom is 0.291 e. The van der Waals surface area contributed by atoms with Crippen molar-refractivity contribution < 1.29 is 14.0 Å². The Morgan fingerprint density at radius 3 is 2.40 bits per heavy atom. The summed E-state index contributed by atoms with van der Waals surface area (Å²) in [7, 11) is 0. The van der Waals surface area contributed by atoms with E-state index < -0.39 is 0 Å². The lowest BCUT2D eigenvalue weighted by Crippen LogP contribution is -2.14. The summed E-state index contributed by atoms with van der Waals surface area (Å²) in [5, 5.41) is 5.49. The first-order valence-electron chi connectivity index (χ1n) is 7.41. The molecule has 0 atom stereocenters. The third-order valence-electron chi connectivity index (χ3n) is 3.41. The van der Waals surface area contributed by atoms with E-state index in [9.17, 15) is 9.59 Å². The first-order valence-corrected chi connectivity index (χ1v) is 8.21. The van der Waals surface area contributed by atoms with Crippen LogP contribution >= 0.6 is 15.9 Å².